The summed E-state index contributed by atoms with van der Waals surface area (Å²) in [5, 5.41) is 0. The zero-order valence-electron chi connectivity index (χ0n) is 14.5. The van der Waals surface area contributed by atoms with Crippen LogP contribution in [0.1, 0.15) is 25.6 Å². The fraction of sp³-hybridized carbons (Fsp3) is 0.706. The van der Waals surface area contributed by atoms with Crippen molar-refractivity contribution >= 4 is 11.8 Å². The third-order valence-corrected chi connectivity index (χ3v) is 5.11. The van der Waals surface area contributed by atoms with Gasteiger partial charge in [0.25, 0.3) is 0 Å². The van der Waals surface area contributed by atoms with Gasteiger partial charge in [0.2, 0.25) is 11.8 Å². The molecule has 0 aromatic carbocycles. The van der Waals surface area contributed by atoms with E-state index in [1.807, 2.05) is 27.5 Å². The second-order valence-corrected chi connectivity index (χ2v) is 6.58. The minimum Gasteiger partial charge on any atom is -0.383 e. The SMILES string of the molecule is CCc1nccn1CC(=O)N1C[C@@H]2CC[C@H](C1)N(CCOC)C2=O. The first-order valence-electron chi connectivity index (χ1n) is 8.71. The van der Waals surface area contributed by atoms with Crippen molar-refractivity contribution in [2.45, 2.75) is 38.8 Å². The number of carbonyl (C=O) groups is 2. The summed E-state index contributed by atoms with van der Waals surface area (Å²) in [7, 11) is 1.65. The number of amides is 2. The lowest BCUT2D eigenvalue weighted by molar-refractivity contribution is -0.140. The molecule has 2 atom stereocenters. The Morgan fingerprint density at radius 2 is 2.21 bits per heavy atom. The predicted octanol–water partition coefficient (Wildman–Crippen LogP) is 0.541. The van der Waals surface area contributed by atoms with E-state index < -0.39 is 0 Å². The number of hydrogen-bond acceptors (Lipinski definition) is 4. The van der Waals surface area contributed by atoms with E-state index >= 15 is 0 Å². The number of imidazole rings is 1. The number of aryl methyl sites for hydroxylation is 1. The van der Waals surface area contributed by atoms with Gasteiger partial charge in [-0.3, -0.25) is 9.59 Å². The molecule has 4 rings (SSSR count). The summed E-state index contributed by atoms with van der Waals surface area (Å²) in [4.78, 5) is 33.4. The van der Waals surface area contributed by atoms with Gasteiger partial charge in [0.15, 0.2) is 0 Å². The second kappa shape index (κ2) is 7.34. The normalized spacial score (nSPS) is 23.7. The maximum atomic E-state index is 12.8. The van der Waals surface area contributed by atoms with Gasteiger partial charge in [-0.1, -0.05) is 6.92 Å². The van der Waals surface area contributed by atoms with Crippen molar-refractivity contribution in [2.75, 3.05) is 33.4 Å². The summed E-state index contributed by atoms with van der Waals surface area (Å²) < 4.78 is 7.03. The summed E-state index contributed by atoms with van der Waals surface area (Å²) >= 11 is 0. The minimum atomic E-state index is -0.0713. The van der Waals surface area contributed by atoms with E-state index in [1.165, 1.54) is 0 Å². The van der Waals surface area contributed by atoms with Gasteiger partial charge in [-0.25, -0.2) is 4.98 Å². The Morgan fingerprint density at radius 1 is 1.38 bits per heavy atom. The third-order valence-electron chi connectivity index (χ3n) is 5.11. The van der Waals surface area contributed by atoms with Crippen molar-refractivity contribution in [3.8, 4) is 0 Å². The van der Waals surface area contributed by atoms with Gasteiger partial charge in [0, 0.05) is 51.6 Å². The average molecular weight is 334 g/mol. The highest BCUT2D eigenvalue weighted by atomic mass is 16.5. The summed E-state index contributed by atoms with van der Waals surface area (Å²) in [6, 6.07) is 0.115. The molecule has 7 heteroatoms. The number of fused-ring (bicyclic) bond motifs is 4. The molecule has 3 aliphatic rings. The van der Waals surface area contributed by atoms with Crippen LogP contribution in [-0.2, 0) is 27.3 Å². The minimum absolute atomic E-state index is 0.0704. The number of nitrogens with zero attached hydrogens (tertiary/aromatic N) is 4. The molecule has 132 valence electrons. The molecule has 0 saturated carbocycles. The molecule has 2 amide bonds. The van der Waals surface area contributed by atoms with Crippen molar-refractivity contribution in [3.63, 3.8) is 0 Å². The van der Waals surface area contributed by atoms with Crippen LogP contribution in [0.25, 0.3) is 0 Å². The van der Waals surface area contributed by atoms with Crippen LogP contribution in [0, 0.1) is 5.92 Å². The van der Waals surface area contributed by atoms with Crippen LogP contribution < -0.4 is 0 Å². The Kier molecular flexibility index (Phi) is 5.18. The number of rotatable bonds is 6. The summed E-state index contributed by atoms with van der Waals surface area (Å²) in [5.41, 5.74) is 0. The first kappa shape index (κ1) is 17.0. The van der Waals surface area contributed by atoms with Crippen molar-refractivity contribution in [2.24, 2.45) is 5.92 Å². The van der Waals surface area contributed by atoms with Gasteiger partial charge in [-0.15, -0.1) is 0 Å². The van der Waals surface area contributed by atoms with Crippen LogP contribution in [-0.4, -0.2) is 70.6 Å². The predicted molar refractivity (Wildman–Crippen MR) is 88.3 cm³/mol. The van der Waals surface area contributed by atoms with E-state index in [0.717, 1.165) is 25.1 Å². The molecule has 4 heterocycles. The monoisotopic (exact) mass is 334 g/mol. The molecule has 3 fully saturated rings. The highest BCUT2D eigenvalue weighted by Gasteiger charge is 2.41. The van der Waals surface area contributed by atoms with Gasteiger partial charge in [0.1, 0.15) is 12.4 Å². The number of hydrogen-bond donors (Lipinski definition) is 0. The summed E-state index contributed by atoms with van der Waals surface area (Å²) in [6.07, 6.45) is 6.22. The molecule has 3 aliphatic heterocycles. The summed E-state index contributed by atoms with van der Waals surface area (Å²) in [5.74, 6) is 1.09. The smallest absolute Gasteiger partial charge is 0.242 e. The molecular formula is C17H26N4O3. The van der Waals surface area contributed by atoms with E-state index in [-0.39, 0.29) is 23.8 Å². The molecule has 7 nitrogen and oxygen atoms in total. The number of ether oxygens (including phenoxy) is 1. The van der Waals surface area contributed by atoms with E-state index in [0.29, 0.717) is 32.8 Å². The highest BCUT2D eigenvalue weighted by Crippen LogP contribution is 2.29. The first-order valence-corrected chi connectivity index (χ1v) is 8.71. The van der Waals surface area contributed by atoms with Crippen molar-refractivity contribution in [1.82, 2.24) is 19.4 Å². The lowest BCUT2D eigenvalue weighted by Gasteiger charge is -2.35. The van der Waals surface area contributed by atoms with Crippen molar-refractivity contribution in [1.29, 1.82) is 0 Å². The highest BCUT2D eigenvalue weighted by molar-refractivity contribution is 5.83. The third kappa shape index (κ3) is 3.31. The van der Waals surface area contributed by atoms with Gasteiger partial charge < -0.3 is 19.1 Å². The van der Waals surface area contributed by atoms with E-state index in [9.17, 15) is 9.59 Å². The van der Waals surface area contributed by atoms with Crippen LogP contribution in [0.15, 0.2) is 12.4 Å². The molecule has 0 aliphatic carbocycles. The fourth-order valence-electron chi connectivity index (χ4n) is 3.77. The lowest BCUT2D eigenvalue weighted by Crippen LogP contribution is -2.49. The second-order valence-electron chi connectivity index (χ2n) is 6.58. The Morgan fingerprint density at radius 3 is 2.96 bits per heavy atom. The van der Waals surface area contributed by atoms with Gasteiger partial charge >= 0.3 is 0 Å². The van der Waals surface area contributed by atoms with Gasteiger partial charge in [0.05, 0.1) is 12.5 Å². The average Bonchev–Trinajstić information content (AvgIpc) is 2.84. The van der Waals surface area contributed by atoms with E-state index in [2.05, 4.69) is 4.98 Å². The molecule has 0 spiro atoms. The molecule has 0 radical (unpaired) electrons. The van der Waals surface area contributed by atoms with E-state index in [1.54, 1.807) is 13.3 Å². The quantitative estimate of drug-likeness (QED) is 0.762. The Labute approximate surface area is 142 Å². The van der Waals surface area contributed by atoms with Crippen molar-refractivity contribution < 1.29 is 14.3 Å². The molecule has 1 aromatic rings. The maximum Gasteiger partial charge on any atom is 0.242 e. The zero-order chi connectivity index (χ0) is 17.1. The van der Waals surface area contributed by atoms with Gasteiger partial charge in [-0.2, -0.15) is 0 Å². The maximum absolute atomic E-state index is 12.8. The lowest BCUT2D eigenvalue weighted by atomic mass is 9.94. The van der Waals surface area contributed by atoms with Crippen LogP contribution in [0.5, 0.6) is 0 Å². The largest absolute Gasteiger partial charge is 0.383 e. The topological polar surface area (TPSA) is 67.7 Å². The Balaban J connectivity index is 1.69. The van der Waals surface area contributed by atoms with Crippen molar-refractivity contribution in [3.05, 3.63) is 18.2 Å². The number of aromatic nitrogens is 2. The van der Waals surface area contributed by atoms with Crippen LogP contribution >= 0.6 is 0 Å². The van der Waals surface area contributed by atoms with Crippen LogP contribution in [0.3, 0.4) is 0 Å². The Bertz CT molecular complexity index is 600. The number of piperidine rings is 1. The molecule has 0 N–H and O–H groups in total. The van der Waals surface area contributed by atoms with Crippen LogP contribution in [0.2, 0.25) is 0 Å². The van der Waals surface area contributed by atoms with Crippen LogP contribution in [0.4, 0.5) is 0 Å². The van der Waals surface area contributed by atoms with E-state index in [4.69, 9.17) is 4.74 Å². The number of carbonyl (C=O) groups excluding carboxylic acids is 2. The molecule has 24 heavy (non-hydrogen) atoms. The molecule has 3 saturated heterocycles. The first-order chi connectivity index (χ1) is 11.6. The molecule has 0 unspecified atom stereocenters. The molecular weight excluding hydrogens is 308 g/mol. The molecule has 2 bridgehead atoms. The molecule has 1 aromatic heterocycles. The Hall–Kier alpha value is -1.89. The zero-order valence-corrected chi connectivity index (χ0v) is 14.5. The standard InChI is InChI=1S/C17H26N4O3/c1-3-15-18-6-7-19(15)12-16(22)20-10-13-4-5-14(11-20)21(17(13)23)8-9-24-2/h6-7,13-14H,3-5,8-12H2,1-2H3/t13-,14+/m0/s1. The number of methoxy groups -OCH3 is 1. The van der Waals surface area contributed by atoms with Gasteiger partial charge in [-0.05, 0) is 12.8 Å². The summed E-state index contributed by atoms with van der Waals surface area (Å²) in [6.45, 7) is 4.64. The fourth-order valence-corrected chi connectivity index (χ4v) is 3.77.